The van der Waals surface area contributed by atoms with Crippen molar-refractivity contribution < 1.29 is 4.79 Å². The van der Waals surface area contributed by atoms with Crippen molar-refractivity contribution in [3.63, 3.8) is 0 Å². The van der Waals surface area contributed by atoms with Crippen molar-refractivity contribution >= 4 is 5.91 Å². The molecule has 2 atom stereocenters. The fraction of sp³-hybridized carbons (Fsp3) is 0.474. The molecule has 140 valence electrons. The summed E-state index contributed by atoms with van der Waals surface area (Å²) in [5.41, 5.74) is 8.50. The zero-order valence-corrected chi connectivity index (χ0v) is 14.9. The van der Waals surface area contributed by atoms with Crippen LogP contribution >= 0.6 is 0 Å². The number of aromatic amines is 1. The Morgan fingerprint density at radius 2 is 2.00 bits per heavy atom. The van der Waals surface area contributed by atoms with Crippen molar-refractivity contribution in [2.45, 2.75) is 44.3 Å². The molecule has 1 aliphatic carbocycles. The number of pyridine rings is 1. The Labute approximate surface area is 156 Å². The summed E-state index contributed by atoms with van der Waals surface area (Å²) in [5, 5.41) is 0. The Balaban J connectivity index is 1.36. The van der Waals surface area contributed by atoms with Crippen LogP contribution in [0.2, 0.25) is 0 Å². The van der Waals surface area contributed by atoms with Crippen LogP contribution in [0.1, 0.15) is 30.5 Å². The Bertz CT molecular complexity index is 924. The van der Waals surface area contributed by atoms with Gasteiger partial charge in [0.25, 0.3) is 5.56 Å². The minimum absolute atomic E-state index is 0.0869. The molecule has 2 aromatic heterocycles. The summed E-state index contributed by atoms with van der Waals surface area (Å²) in [5.74, 6) is 1.31. The standard InChI is InChI=1S/C19H22N6O2/c26-18-13-5-8-25(19(27)15-9-14(23-24-15)11-1-2-11)10-16(13)21-17(22-18)12-3-6-20-7-4-12/h3-4,6-7,11,14-15,23-24H,1-2,5,8-10H2,(H,21,22,26). The quantitative estimate of drug-likeness (QED) is 0.725. The van der Waals surface area contributed by atoms with Gasteiger partial charge >= 0.3 is 0 Å². The number of H-pyrrole nitrogens is 1. The number of carbonyl (C=O) groups excluding carboxylic acids is 1. The van der Waals surface area contributed by atoms with Crippen LogP contribution in [0.5, 0.6) is 0 Å². The number of nitrogens with zero attached hydrogens (tertiary/aromatic N) is 3. The lowest BCUT2D eigenvalue weighted by molar-refractivity contribution is -0.134. The van der Waals surface area contributed by atoms with Gasteiger partial charge in [0, 0.05) is 36.1 Å². The zero-order chi connectivity index (χ0) is 18.4. The molecule has 2 unspecified atom stereocenters. The van der Waals surface area contributed by atoms with Crippen molar-refractivity contribution in [3.8, 4) is 11.4 Å². The summed E-state index contributed by atoms with van der Waals surface area (Å²) in [4.78, 5) is 38.7. The van der Waals surface area contributed by atoms with Crippen molar-refractivity contribution in [1.82, 2.24) is 30.7 Å². The van der Waals surface area contributed by atoms with E-state index in [0.29, 0.717) is 48.6 Å². The van der Waals surface area contributed by atoms with Crippen molar-refractivity contribution in [2.75, 3.05) is 6.54 Å². The van der Waals surface area contributed by atoms with E-state index in [0.717, 1.165) is 12.0 Å². The van der Waals surface area contributed by atoms with Crippen molar-refractivity contribution in [2.24, 2.45) is 5.92 Å². The molecule has 0 bridgehead atoms. The predicted octanol–water partition coefficient (Wildman–Crippen LogP) is 0.362. The van der Waals surface area contributed by atoms with Crippen LogP contribution in [0.25, 0.3) is 11.4 Å². The Kier molecular flexibility index (Phi) is 4.02. The summed E-state index contributed by atoms with van der Waals surface area (Å²) in [6, 6.07) is 3.82. The third kappa shape index (κ3) is 3.15. The topological polar surface area (TPSA) is 103 Å². The van der Waals surface area contributed by atoms with Gasteiger partial charge in [0.15, 0.2) is 0 Å². The molecule has 1 saturated heterocycles. The molecule has 8 nitrogen and oxygen atoms in total. The van der Waals surface area contributed by atoms with Gasteiger partial charge in [-0.1, -0.05) is 0 Å². The van der Waals surface area contributed by atoms with Crippen LogP contribution < -0.4 is 16.4 Å². The third-order valence-corrected chi connectivity index (χ3v) is 5.76. The number of hydrazine groups is 1. The molecule has 1 amide bonds. The monoisotopic (exact) mass is 366 g/mol. The first kappa shape index (κ1) is 16.6. The van der Waals surface area contributed by atoms with E-state index >= 15 is 0 Å². The molecule has 2 aliphatic heterocycles. The number of carbonyl (C=O) groups is 1. The van der Waals surface area contributed by atoms with E-state index in [2.05, 4.69) is 25.8 Å². The van der Waals surface area contributed by atoms with Gasteiger partial charge in [0.05, 0.1) is 12.2 Å². The maximum absolute atomic E-state index is 12.9. The summed E-state index contributed by atoms with van der Waals surface area (Å²) in [6.45, 7) is 0.930. The van der Waals surface area contributed by atoms with Gasteiger partial charge in [-0.15, -0.1) is 0 Å². The van der Waals surface area contributed by atoms with Crippen LogP contribution in [-0.2, 0) is 17.8 Å². The molecule has 27 heavy (non-hydrogen) atoms. The van der Waals surface area contributed by atoms with Crippen LogP contribution in [0.4, 0.5) is 0 Å². The normalized spacial score (nSPS) is 24.7. The van der Waals surface area contributed by atoms with Crippen LogP contribution in [0.3, 0.4) is 0 Å². The van der Waals surface area contributed by atoms with Crippen LogP contribution in [0, 0.1) is 5.92 Å². The SMILES string of the molecule is O=C(C1CC(C2CC2)NN1)N1CCc2c(nc(-c3ccncc3)[nH]c2=O)C1. The molecule has 8 heteroatoms. The van der Waals surface area contributed by atoms with E-state index in [1.807, 2.05) is 17.0 Å². The van der Waals surface area contributed by atoms with Crippen molar-refractivity contribution in [1.29, 1.82) is 0 Å². The van der Waals surface area contributed by atoms with E-state index in [-0.39, 0.29) is 17.5 Å². The molecule has 1 saturated carbocycles. The average molecular weight is 366 g/mol. The smallest absolute Gasteiger partial charge is 0.254 e. The minimum Gasteiger partial charge on any atom is -0.335 e. The molecular weight excluding hydrogens is 344 g/mol. The third-order valence-electron chi connectivity index (χ3n) is 5.76. The summed E-state index contributed by atoms with van der Waals surface area (Å²) >= 11 is 0. The largest absolute Gasteiger partial charge is 0.335 e. The molecular formula is C19H22N6O2. The number of hydrogen-bond donors (Lipinski definition) is 3. The number of rotatable bonds is 3. The first-order valence-corrected chi connectivity index (χ1v) is 9.51. The second-order valence-corrected chi connectivity index (χ2v) is 7.61. The molecule has 2 aromatic rings. The van der Waals surface area contributed by atoms with Crippen LogP contribution in [0.15, 0.2) is 29.3 Å². The Morgan fingerprint density at radius 1 is 1.19 bits per heavy atom. The van der Waals surface area contributed by atoms with E-state index in [1.54, 1.807) is 12.4 Å². The highest BCUT2D eigenvalue weighted by atomic mass is 16.2. The lowest BCUT2D eigenvalue weighted by Crippen LogP contribution is -2.48. The number of hydrogen-bond acceptors (Lipinski definition) is 6. The van der Waals surface area contributed by atoms with E-state index in [1.165, 1.54) is 12.8 Å². The highest BCUT2D eigenvalue weighted by molar-refractivity contribution is 5.82. The van der Waals surface area contributed by atoms with Gasteiger partial charge in [0.2, 0.25) is 5.91 Å². The fourth-order valence-electron chi connectivity index (χ4n) is 4.05. The maximum atomic E-state index is 12.9. The highest BCUT2D eigenvalue weighted by Gasteiger charge is 2.40. The zero-order valence-electron chi connectivity index (χ0n) is 14.9. The summed E-state index contributed by atoms with van der Waals surface area (Å²) in [7, 11) is 0. The Morgan fingerprint density at radius 3 is 2.78 bits per heavy atom. The lowest BCUT2D eigenvalue weighted by atomic mass is 10.0. The Hall–Kier alpha value is -2.58. The van der Waals surface area contributed by atoms with Gasteiger partial charge < -0.3 is 9.88 Å². The first-order chi connectivity index (χ1) is 13.2. The summed E-state index contributed by atoms with van der Waals surface area (Å²) in [6.07, 6.45) is 7.20. The van der Waals surface area contributed by atoms with Crippen LogP contribution in [-0.4, -0.2) is 44.4 Å². The number of fused-ring (bicyclic) bond motifs is 1. The van der Waals surface area contributed by atoms with Gasteiger partial charge in [-0.25, -0.2) is 10.4 Å². The van der Waals surface area contributed by atoms with Gasteiger partial charge in [0.1, 0.15) is 11.9 Å². The molecule has 3 aliphatic rings. The second-order valence-electron chi connectivity index (χ2n) is 7.61. The molecule has 0 radical (unpaired) electrons. The maximum Gasteiger partial charge on any atom is 0.254 e. The number of aromatic nitrogens is 3. The predicted molar refractivity (Wildman–Crippen MR) is 98.4 cm³/mol. The highest BCUT2D eigenvalue weighted by Crippen LogP contribution is 2.36. The summed E-state index contributed by atoms with van der Waals surface area (Å²) < 4.78 is 0. The number of amides is 1. The lowest BCUT2D eigenvalue weighted by Gasteiger charge is -2.29. The molecule has 3 N–H and O–H groups in total. The average Bonchev–Trinajstić information content (AvgIpc) is 3.44. The number of nitrogens with one attached hydrogen (secondary N) is 3. The van der Waals surface area contributed by atoms with E-state index in [4.69, 9.17) is 0 Å². The molecule has 4 heterocycles. The fourth-order valence-corrected chi connectivity index (χ4v) is 4.05. The molecule has 2 fully saturated rings. The molecule has 0 aromatic carbocycles. The molecule has 5 rings (SSSR count). The van der Waals surface area contributed by atoms with E-state index < -0.39 is 0 Å². The van der Waals surface area contributed by atoms with E-state index in [9.17, 15) is 9.59 Å². The van der Waals surface area contributed by atoms with Gasteiger partial charge in [-0.2, -0.15) is 0 Å². The van der Waals surface area contributed by atoms with Gasteiger partial charge in [-0.05, 0) is 43.7 Å². The van der Waals surface area contributed by atoms with Gasteiger partial charge in [-0.3, -0.25) is 20.0 Å². The minimum atomic E-state index is -0.196. The molecule has 0 spiro atoms. The first-order valence-electron chi connectivity index (χ1n) is 9.51. The van der Waals surface area contributed by atoms with Crippen molar-refractivity contribution in [3.05, 3.63) is 46.1 Å². The second kappa shape index (κ2) is 6.54.